The third-order valence-corrected chi connectivity index (χ3v) is 1.88. The number of benzene rings is 1. The van der Waals surface area contributed by atoms with Crippen LogP contribution in [0.4, 0.5) is 5.69 Å². The highest BCUT2D eigenvalue weighted by Crippen LogP contribution is 2.23. The molecule has 1 aromatic heterocycles. The molecule has 0 spiro atoms. The van der Waals surface area contributed by atoms with E-state index in [0.717, 1.165) is 11.1 Å². The Bertz CT molecular complexity index is 396. The maximum absolute atomic E-state index is 5.78. The molecule has 13 heavy (non-hydrogen) atoms. The fraction of sp³-hybridized carbons (Fsp3) is 0. The number of hydrogen-bond acceptors (Lipinski definition) is 2. The van der Waals surface area contributed by atoms with Gasteiger partial charge in [-0.15, -0.1) is 0 Å². The van der Waals surface area contributed by atoms with Crippen LogP contribution in [0.3, 0.4) is 0 Å². The molecule has 2 N–H and O–H groups in total. The molecule has 2 heteroatoms. The molecule has 0 aliphatic rings. The normalized spacial score (nSPS) is 9.85. The first-order valence-corrected chi connectivity index (χ1v) is 4.04. The number of rotatable bonds is 1. The monoisotopic (exact) mass is 169 g/mol. The summed E-state index contributed by atoms with van der Waals surface area (Å²) in [6.07, 6.45) is 3.50. The van der Waals surface area contributed by atoms with Crippen LogP contribution in [0.25, 0.3) is 11.1 Å². The maximum Gasteiger partial charge on any atom is 0.0474 e. The number of nitrogens with two attached hydrogens (primary N) is 1. The number of aromatic nitrogens is 1. The van der Waals surface area contributed by atoms with E-state index >= 15 is 0 Å². The van der Waals surface area contributed by atoms with Crippen molar-refractivity contribution in [3.05, 3.63) is 48.8 Å². The van der Waals surface area contributed by atoms with Crippen molar-refractivity contribution in [1.29, 1.82) is 0 Å². The van der Waals surface area contributed by atoms with Crippen molar-refractivity contribution in [3.8, 4) is 11.1 Å². The van der Waals surface area contributed by atoms with E-state index in [4.69, 9.17) is 5.73 Å². The first kappa shape index (κ1) is 7.80. The van der Waals surface area contributed by atoms with E-state index in [1.54, 1.807) is 18.5 Å². The van der Waals surface area contributed by atoms with Crippen LogP contribution in [0.1, 0.15) is 0 Å². The highest BCUT2D eigenvalue weighted by Gasteiger charge is 1.99. The fourth-order valence-corrected chi connectivity index (χ4v) is 1.23. The van der Waals surface area contributed by atoms with Gasteiger partial charge in [-0.05, 0) is 17.7 Å². The van der Waals surface area contributed by atoms with Crippen molar-refractivity contribution < 1.29 is 0 Å². The van der Waals surface area contributed by atoms with E-state index in [9.17, 15) is 0 Å². The Hall–Kier alpha value is -1.83. The summed E-state index contributed by atoms with van der Waals surface area (Å²) in [5.41, 5.74) is 8.53. The topological polar surface area (TPSA) is 38.9 Å². The van der Waals surface area contributed by atoms with Gasteiger partial charge in [0.25, 0.3) is 0 Å². The summed E-state index contributed by atoms with van der Waals surface area (Å²) in [6.45, 7) is 0. The summed E-state index contributed by atoms with van der Waals surface area (Å²) >= 11 is 0. The Kier molecular flexibility index (Phi) is 1.96. The van der Waals surface area contributed by atoms with Crippen LogP contribution in [0.2, 0.25) is 0 Å². The van der Waals surface area contributed by atoms with Crippen LogP contribution in [0.5, 0.6) is 0 Å². The Balaban J connectivity index is 2.54. The molecule has 0 aliphatic heterocycles. The van der Waals surface area contributed by atoms with Gasteiger partial charge in [0.1, 0.15) is 0 Å². The molecule has 0 unspecified atom stereocenters. The van der Waals surface area contributed by atoms with Crippen LogP contribution in [0, 0.1) is 6.07 Å². The van der Waals surface area contributed by atoms with Gasteiger partial charge in [-0.25, -0.2) is 0 Å². The lowest BCUT2D eigenvalue weighted by Gasteiger charge is -2.03. The second-order valence-electron chi connectivity index (χ2n) is 2.73. The number of para-hydroxylation sites is 1. The molecule has 63 valence electrons. The van der Waals surface area contributed by atoms with Crippen molar-refractivity contribution in [3.63, 3.8) is 0 Å². The van der Waals surface area contributed by atoms with E-state index < -0.39 is 0 Å². The van der Waals surface area contributed by atoms with Crippen LogP contribution in [-0.2, 0) is 0 Å². The predicted octanol–water partition coefficient (Wildman–Crippen LogP) is 2.13. The average Bonchev–Trinajstić information content (AvgIpc) is 2.20. The third kappa shape index (κ3) is 1.51. The van der Waals surface area contributed by atoms with Gasteiger partial charge in [0.05, 0.1) is 0 Å². The Morgan fingerprint density at radius 2 is 1.92 bits per heavy atom. The highest BCUT2D eigenvalue weighted by molar-refractivity contribution is 5.75. The predicted molar refractivity (Wildman–Crippen MR) is 52.9 cm³/mol. The molecule has 2 aromatic rings. The number of nitrogens with zero attached hydrogens (tertiary/aromatic N) is 1. The maximum atomic E-state index is 5.78. The molecule has 1 heterocycles. The zero-order chi connectivity index (χ0) is 9.10. The van der Waals surface area contributed by atoms with Gasteiger partial charge in [-0.1, -0.05) is 18.2 Å². The summed E-state index contributed by atoms with van der Waals surface area (Å²) in [5.74, 6) is 0. The smallest absolute Gasteiger partial charge is 0.0474 e. The van der Waals surface area contributed by atoms with Crippen LogP contribution in [0.15, 0.2) is 42.7 Å². The van der Waals surface area contributed by atoms with E-state index in [0.29, 0.717) is 5.69 Å². The minimum absolute atomic E-state index is 0.675. The van der Waals surface area contributed by atoms with Crippen LogP contribution < -0.4 is 5.73 Å². The van der Waals surface area contributed by atoms with Gasteiger partial charge in [0, 0.05) is 29.7 Å². The summed E-state index contributed by atoms with van der Waals surface area (Å²) in [6, 6.07) is 12.5. The van der Waals surface area contributed by atoms with Gasteiger partial charge in [-0.2, -0.15) is 0 Å². The molecule has 0 bridgehead atoms. The molecule has 0 amide bonds. The summed E-state index contributed by atoms with van der Waals surface area (Å²) < 4.78 is 0. The molecule has 0 saturated heterocycles. The zero-order valence-electron chi connectivity index (χ0n) is 7.07. The standard InChI is InChI=1S/C11H9N2/c12-11-4-2-1-3-10(11)9-5-7-13-8-6-9/h1-3,5-8H,12H2. The largest absolute Gasteiger partial charge is 0.398 e. The Morgan fingerprint density at radius 1 is 1.15 bits per heavy atom. The summed E-state index contributed by atoms with van der Waals surface area (Å²) in [4.78, 5) is 3.95. The molecule has 1 radical (unpaired) electrons. The number of nitrogen functional groups attached to an aromatic ring is 1. The van der Waals surface area contributed by atoms with Gasteiger partial charge >= 0.3 is 0 Å². The molecule has 2 nitrogen and oxygen atoms in total. The zero-order valence-corrected chi connectivity index (χ0v) is 7.07. The van der Waals surface area contributed by atoms with Crippen molar-refractivity contribution >= 4 is 5.69 Å². The minimum atomic E-state index is 0.675. The fourth-order valence-electron chi connectivity index (χ4n) is 1.23. The molecule has 0 atom stereocenters. The van der Waals surface area contributed by atoms with E-state index in [-0.39, 0.29) is 0 Å². The van der Waals surface area contributed by atoms with Crippen LogP contribution in [-0.4, -0.2) is 4.98 Å². The van der Waals surface area contributed by atoms with Crippen molar-refractivity contribution in [1.82, 2.24) is 4.98 Å². The average molecular weight is 169 g/mol. The number of pyridine rings is 1. The molecular weight excluding hydrogens is 160 g/mol. The third-order valence-electron chi connectivity index (χ3n) is 1.88. The first-order chi connectivity index (χ1) is 6.38. The van der Waals surface area contributed by atoms with E-state index in [2.05, 4.69) is 11.1 Å². The molecule has 0 fully saturated rings. The van der Waals surface area contributed by atoms with E-state index in [1.165, 1.54) is 0 Å². The second-order valence-corrected chi connectivity index (χ2v) is 2.73. The van der Waals surface area contributed by atoms with Crippen molar-refractivity contribution in [2.24, 2.45) is 0 Å². The van der Waals surface area contributed by atoms with Crippen LogP contribution >= 0.6 is 0 Å². The van der Waals surface area contributed by atoms with Gasteiger partial charge < -0.3 is 5.73 Å². The van der Waals surface area contributed by atoms with Gasteiger partial charge in [0.2, 0.25) is 0 Å². The molecule has 1 aromatic carbocycles. The highest BCUT2D eigenvalue weighted by atomic mass is 14.6. The Labute approximate surface area is 77.0 Å². The molecule has 2 rings (SSSR count). The number of hydrogen-bond donors (Lipinski definition) is 1. The SMILES string of the molecule is Nc1[c]cccc1-c1ccncc1. The van der Waals surface area contributed by atoms with E-state index in [1.807, 2.05) is 24.3 Å². The molecular formula is C11H9N2. The molecule has 0 aliphatic carbocycles. The lowest BCUT2D eigenvalue weighted by Crippen LogP contribution is -1.89. The first-order valence-electron chi connectivity index (χ1n) is 4.04. The van der Waals surface area contributed by atoms with Gasteiger partial charge in [0.15, 0.2) is 0 Å². The minimum Gasteiger partial charge on any atom is -0.398 e. The van der Waals surface area contributed by atoms with Gasteiger partial charge in [-0.3, -0.25) is 4.98 Å². The summed E-state index contributed by atoms with van der Waals surface area (Å²) in [5, 5.41) is 0. The lowest BCUT2D eigenvalue weighted by molar-refractivity contribution is 1.33. The second kappa shape index (κ2) is 3.27. The summed E-state index contributed by atoms with van der Waals surface area (Å²) in [7, 11) is 0. The van der Waals surface area contributed by atoms with Crippen molar-refractivity contribution in [2.45, 2.75) is 0 Å². The Morgan fingerprint density at radius 3 is 2.62 bits per heavy atom. The number of anilines is 1. The quantitative estimate of drug-likeness (QED) is 0.664. The lowest BCUT2D eigenvalue weighted by atomic mass is 10.1. The molecule has 0 saturated carbocycles. The van der Waals surface area contributed by atoms with Crippen molar-refractivity contribution in [2.75, 3.05) is 5.73 Å².